The molecule has 7 nitrogen and oxygen atoms in total. The number of tetrazole rings is 1. The molecule has 7 heteroatoms. The van der Waals surface area contributed by atoms with Gasteiger partial charge in [0.05, 0.1) is 0 Å². The van der Waals surface area contributed by atoms with E-state index in [4.69, 9.17) is 5.73 Å². The van der Waals surface area contributed by atoms with Crippen molar-refractivity contribution in [1.82, 2.24) is 25.9 Å². The van der Waals surface area contributed by atoms with E-state index in [0.717, 1.165) is 0 Å². The molecule has 0 bridgehead atoms. The third-order valence-corrected chi connectivity index (χ3v) is 1.28. The first-order valence-corrected chi connectivity index (χ1v) is 4.28. The van der Waals surface area contributed by atoms with Crippen LogP contribution in [0.25, 0.3) is 0 Å². The van der Waals surface area contributed by atoms with Crippen molar-refractivity contribution < 1.29 is 0 Å². The zero-order valence-electron chi connectivity index (χ0n) is 8.57. The maximum absolute atomic E-state index is 5.63. The molecule has 14 heavy (non-hydrogen) atoms. The number of hydrogen-bond donors (Lipinski definition) is 3. The summed E-state index contributed by atoms with van der Waals surface area (Å²) in [5.74, 6) is 0.894. The van der Waals surface area contributed by atoms with Crippen molar-refractivity contribution in [2.24, 2.45) is 10.7 Å². The quantitative estimate of drug-likeness (QED) is 0.434. The fourth-order valence-corrected chi connectivity index (χ4v) is 0.829. The largest absolute Gasteiger partial charge is 0.370 e. The first kappa shape index (κ1) is 10.4. The minimum atomic E-state index is -0.0924. The van der Waals surface area contributed by atoms with Gasteiger partial charge in [-0.2, -0.15) is 5.21 Å². The van der Waals surface area contributed by atoms with Crippen LogP contribution in [0.3, 0.4) is 0 Å². The molecular formula is C7H15N7. The van der Waals surface area contributed by atoms with Crippen LogP contribution in [0.4, 0.5) is 0 Å². The van der Waals surface area contributed by atoms with Crippen LogP contribution in [0.5, 0.6) is 0 Å². The summed E-state index contributed by atoms with van der Waals surface area (Å²) in [6, 6.07) is 0. The Morgan fingerprint density at radius 2 is 2.29 bits per heavy atom. The average molecular weight is 197 g/mol. The van der Waals surface area contributed by atoms with Gasteiger partial charge in [-0.25, -0.2) is 4.99 Å². The molecule has 0 aliphatic heterocycles. The van der Waals surface area contributed by atoms with Crippen molar-refractivity contribution in [2.75, 3.05) is 0 Å². The number of guanidine groups is 1. The Kier molecular flexibility index (Phi) is 3.00. The molecule has 4 N–H and O–H groups in total. The number of nitrogens with one attached hydrogen (secondary N) is 2. The zero-order valence-corrected chi connectivity index (χ0v) is 8.57. The molecule has 1 heterocycles. The topological polar surface area (TPSA) is 105 Å². The maximum atomic E-state index is 5.63. The number of aliphatic imine (C=N–C) groups is 1. The Labute approximate surface area is 82.2 Å². The lowest BCUT2D eigenvalue weighted by atomic mass is 10.1. The molecule has 0 saturated carbocycles. The molecule has 0 radical (unpaired) electrons. The highest BCUT2D eigenvalue weighted by molar-refractivity contribution is 5.78. The van der Waals surface area contributed by atoms with E-state index < -0.39 is 0 Å². The first-order valence-electron chi connectivity index (χ1n) is 4.28. The zero-order chi connectivity index (χ0) is 10.6. The van der Waals surface area contributed by atoms with E-state index in [1.54, 1.807) is 0 Å². The molecule has 1 rings (SSSR count). The maximum Gasteiger partial charge on any atom is 0.196 e. The van der Waals surface area contributed by atoms with Crippen molar-refractivity contribution in [3.05, 3.63) is 5.82 Å². The van der Waals surface area contributed by atoms with E-state index >= 15 is 0 Å². The Morgan fingerprint density at radius 3 is 2.79 bits per heavy atom. The summed E-state index contributed by atoms with van der Waals surface area (Å²) in [6.07, 6.45) is 0. The monoisotopic (exact) mass is 197 g/mol. The summed E-state index contributed by atoms with van der Waals surface area (Å²) >= 11 is 0. The number of rotatable bonds is 2. The molecular weight excluding hydrogens is 182 g/mol. The predicted molar refractivity (Wildman–Crippen MR) is 52.4 cm³/mol. The normalized spacial score (nSPS) is 12.9. The number of nitrogens with two attached hydrogens (primary N) is 1. The second kappa shape index (κ2) is 4.03. The molecule has 0 spiro atoms. The van der Waals surface area contributed by atoms with E-state index in [0.29, 0.717) is 18.3 Å². The third-order valence-electron chi connectivity index (χ3n) is 1.28. The van der Waals surface area contributed by atoms with Gasteiger partial charge in [0.15, 0.2) is 11.8 Å². The van der Waals surface area contributed by atoms with E-state index in [1.165, 1.54) is 0 Å². The van der Waals surface area contributed by atoms with Crippen molar-refractivity contribution in [1.29, 1.82) is 0 Å². The summed E-state index contributed by atoms with van der Waals surface area (Å²) in [5, 5.41) is 16.3. The van der Waals surface area contributed by atoms with Gasteiger partial charge in [-0.3, -0.25) is 0 Å². The van der Waals surface area contributed by atoms with Crippen LogP contribution in [-0.4, -0.2) is 32.1 Å². The van der Waals surface area contributed by atoms with Crippen LogP contribution in [0, 0.1) is 0 Å². The lowest BCUT2D eigenvalue weighted by Crippen LogP contribution is -2.45. The molecule has 0 aromatic carbocycles. The highest BCUT2D eigenvalue weighted by atomic mass is 15.5. The number of aromatic amines is 1. The standard InChI is InChI=1S/C7H15N7/c1-7(2,3)10-6(8)9-4-5-11-13-14-12-5/h4H2,1-3H3,(H3,8,9,10)(H,11,12,13,14). The van der Waals surface area contributed by atoms with Gasteiger partial charge < -0.3 is 11.1 Å². The molecule has 78 valence electrons. The van der Waals surface area contributed by atoms with Gasteiger partial charge in [-0.1, -0.05) is 5.21 Å². The minimum absolute atomic E-state index is 0.0924. The summed E-state index contributed by atoms with van der Waals surface area (Å²) in [6.45, 7) is 6.34. The summed E-state index contributed by atoms with van der Waals surface area (Å²) in [5.41, 5.74) is 5.54. The lowest BCUT2D eigenvalue weighted by molar-refractivity contribution is 0.508. The highest BCUT2D eigenvalue weighted by Crippen LogP contribution is 1.97. The van der Waals surface area contributed by atoms with Crippen LogP contribution in [0.15, 0.2) is 4.99 Å². The van der Waals surface area contributed by atoms with E-state index in [-0.39, 0.29) is 5.54 Å². The molecule has 0 atom stereocenters. The van der Waals surface area contributed by atoms with E-state index in [1.807, 2.05) is 20.8 Å². The van der Waals surface area contributed by atoms with Gasteiger partial charge in [-0.05, 0) is 20.8 Å². The van der Waals surface area contributed by atoms with Gasteiger partial charge >= 0.3 is 0 Å². The SMILES string of the molecule is CC(C)(C)NC(N)=NCc1nn[nH]n1. The van der Waals surface area contributed by atoms with Crippen molar-refractivity contribution >= 4 is 5.96 Å². The summed E-state index contributed by atoms with van der Waals surface area (Å²) < 4.78 is 0. The number of aromatic nitrogens is 4. The molecule has 0 aliphatic rings. The van der Waals surface area contributed by atoms with Gasteiger partial charge in [0.25, 0.3) is 0 Å². The number of H-pyrrole nitrogens is 1. The second-order valence-electron chi connectivity index (χ2n) is 3.90. The van der Waals surface area contributed by atoms with Crippen LogP contribution >= 0.6 is 0 Å². The summed E-state index contributed by atoms with van der Waals surface area (Å²) in [7, 11) is 0. The molecule has 1 aromatic rings. The Morgan fingerprint density at radius 1 is 1.57 bits per heavy atom. The van der Waals surface area contributed by atoms with E-state index in [2.05, 4.69) is 30.9 Å². The average Bonchev–Trinajstić information content (AvgIpc) is 2.49. The lowest BCUT2D eigenvalue weighted by Gasteiger charge is -2.20. The van der Waals surface area contributed by atoms with Gasteiger partial charge in [0.2, 0.25) is 0 Å². The van der Waals surface area contributed by atoms with Crippen LogP contribution < -0.4 is 11.1 Å². The van der Waals surface area contributed by atoms with Gasteiger partial charge in [0.1, 0.15) is 6.54 Å². The first-order chi connectivity index (χ1) is 6.47. The molecule has 1 aromatic heterocycles. The van der Waals surface area contributed by atoms with Crippen molar-refractivity contribution in [3.8, 4) is 0 Å². The Balaban J connectivity index is 2.45. The van der Waals surface area contributed by atoms with Crippen LogP contribution in [-0.2, 0) is 6.54 Å². The predicted octanol–water partition coefficient (Wildman–Crippen LogP) is -0.597. The highest BCUT2D eigenvalue weighted by Gasteiger charge is 2.09. The van der Waals surface area contributed by atoms with Crippen LogP contribution in [0.1, 0.15) is 26.6 Å². The molecule has 0 amide bonds. The van der Waals surface area contributed by atoms with Crippen molar-refractivity contribution in [2.45, 2.75) is 32.9 Å². The fraction of sp³-hybridized carbons (Fsp3) is 0.714. The third kappa shape index (κ3) is 3.83. The smallest absolute Gasteiger partial charge is 0.196 e. The number of nitrogens with zero attached hydrogens (tertiary/aromatic N) is 4. The summed E-state index contributed by atoms with van der Waals surface area (Å²) in [4.78, 5) is 4.05. The van der Waals surface area contributed by atoms with E-state index in [9.17, 15) is 0 Å². The fourth-order valence-electron chi connectivity index (χ4n) is 0.829. The van der Waals surface area contributed by atoms with Crippen LogP contribution in [0.2, 0.25) is 0 Å². The van der Waals surface area contributed by atoms with Gasteiger partial charge in [0, 0.05) is 5.54 Å². The minimum Gasteiger partial charge on any atom is -0.370 e. The Bertz CT molecular complexity index is 294. The Hall–Kier alpha value is -1.66. The molecule has 0 fully saturated rings. The molecule has 0 aliphatic carbocycles. The molecule has 0 unspecified atom stereocenters. The molecule has 0 saturated heterocycles. The van der Waals surface area contributed by atoms with Crippen molar-refractivity contribution in [3.63, 3.8) is 0 Å². The van der Waals surface area contributed by atoms with Gasteiger partial charge in [-0.15, -0.1) is 10.2 Å². The number of hydrogen-bond acceptors (Lipinski definition) is 4. The second-order valence-corrected chi connectivity index (χ2v) is 3.90.